The molecule has 1 aromatic rings. The number of hydrogen-bond donors (Lipinski definition) is 3. The molecule has 9 nitrogen and oxygen atoms in total. The second-order valence-corrected chi connectivity index (χ2v) is 7.48. The van der Waals surface area contributed by atoms with E-state index in [0.29, 0.717) is 35.9 Å². The molecule has 3 rings (SSSR count). The van der Waals surface area contributed by atoms with Gasteiger partial charge in [-0.05, 0) is 37.6 Å². The van der Waals surface area contributed by atoms with Crippen LogP contribution in [-0.4, -0.2) is 60.5 Å². The molecule has 0 fully saturated rings. The highest BCUT2D eigenvalue weighted by molar-refractivity contribution is 6.05. The van der Waals surface area contributed by atoms with E-state index in [-0.39, 0.29) is 12.3 Å². The molecular weight excluding hydrogens is 410 g/mol. The minimum Gasteiger partial charge on any atom is -0.387 e. The Hall–Kier alpha value is -3.14. The highest BCUT2D eigenvalue weighted by atomic mass is 16.7. The number of aliphatic hydroxyl groups is 1. The molecule has 0 radical (unpaired) electrons. The van der Waals surface area contributed by atoms with Crippen LogP contribution in [-0.2, 0) is 14.4 Å². The molecule has 1 atom stereocenters. The van der Waals surface area contributed by atoms with Gasteiger partial charge in [-0.3, -0.25) is 20.1 Å². The van der Waals surface area contributed by atoms with Crippen molar-refractivity contribution in [2.45, 2.75) is 33.0 Å². The predicted octanol–water partition coefficient (Wildman–Crippen LogP) is 2.29. The van der Waals surface area contributed by atoms with Gasteiger partial charge in [0.25, 0.3) is 5.91 Å². The number of likely N-dealkylation sites (N-methyl/N-ethyl adjacent to an activating group) is 1. The van der Waals surface area contributed by atoms with Gasteiger partial charge in [-0.15, -0.1) is 0 Å². The number of nitrogens with zero attached hydrogens (tertiary/aromatic N) is 3. The number of ether oxygens (including phenoxy) is 1. The topological polar surface area (TPSA) is 113 Å². The van der Waals surface area contributed by atoms with Crippen LogP contribution in [0.4, 0.5) is 5.69 Å². The molecule has 32 heavy (non-hydrogen) atoms. The predicted molar refractivity (Wildman–Crippen MR) is 124 cm³/mol. The van der Waals surface area contributed by atoms with E-state index < -0.39 is 6.29 Å². The molecule has 9 heteroatoms. The lowest BCUT2D eigenvalue weighted by Crippen LogP contribution is -2.39. The van der Waals surface area contributed by atoms with Crippen molar-refractivity contribution in [3.05, 3.63) is 52.7 Å². The Labute approximate surface area is 188 Å². The lowest BCUT2D eigenvalue weighted by molar-refractivity contribution is -0.180. The highest BCUT2D eigenvalue weighted by Gasteiger charge is 2.23. The smallest absolute Gasteiger partial charge is 0.273 e. The first-order valence-corrected chi connectivity index (χ1v) is 10.6. The SMILES string of the molecule is CCCN(OCC)C(=O)C1=Cc2ccc(C3=CC=C(C(O)OC)N(C)N3)cc2N=C(N)C1. The van der Waals surface area contributed by atoms with E-state index in [2.05, 4.69) is 10.4 Å². The normalized spacial score (nSPS) is 16.6. The summed E-state index contributed by atoms with van der Waals surface area (Å²) in [5.74, 6) is 0.165. The number of aliphatic hydroxyl groups excluding tert-OH is 1. The fourth-order valence-corrected chi connectivity index (χ4v) is 3.53. The molecule has 0 saturated carbocycles. The molecule has 0 bridgehead atoms. The Morgan fingerprint density at radius 3 is 2.81 bits per heavy atom. The van der Waals surface area contributed by atoms with Gasteiger partial charge in [-0.2, -0.15) is 0 Å². The number of nitrogens with one attached hydrogen (secondary N) is 1. The van der Waals surface area contributed by atoms with Crippen LogP contribution in [0, 0.1) is 0 Å². The molecule has 1 aromatic carbocycles. The maximum Gasteiger partial charge on any atom is 0.273 e. The van der Waals surface area contributed by atoms with E-state index in [1.165, 1.54) is 12.2 Å². The fourth-order valence-electron chi connectivity index (χ4n) is 3.53. The van der Waals surface area contributed by atoms with Gasteiger partial charge < -0.3 is 15.6 Å². The Kier molecular flexibility index (Phi) is 7.68. The largest absolute Gasteiger partial charge is 0.387 e. The van der Waals surface area contributed by atoms with Crippen LogP contribution < -0.4 is 11.2 Å². The third kappa shape index (κ3) is 5.18. The van der Waals surface area contributed by atoms with Gasteiger partial charge in [-0.25, -0.2) is 10.1 Å². The minimum atomic E-state index is -1.02. The quantitative estimate of drug-likeness (QED) is 0.419. The Balaban J connectivity index is 1.92. The van der Waals surface area contributed by atoms with Crippen molar-refractivity contribution >= 4 is 29.2 Å². The number of fused-ring (bicyclic) bond motifs is 1. The zero-order valence-electron chi connectivity index (χ0n) is 19.0. The summed E-state index contributed by atoms with van der Waals surface area (Å²) in [6.07, 6.45) is 5.49. The summed E-state index contributed by atoms with van der Waals surface area (Å²) in [4.78, 5) is 23.1. The van der Waals surface area contributed by atoms with Gasteiger partial charge in [0.05, 0.1) is 23.7 Å². The number of benzene rings is 1. The Bertz CT molecular complexity index is 977. The molecular formula is C23H31N5O4. The number of amidine groups is 1. The summed E-state index contributed by atoms with van der Waals surface area (Å²) in [6, 6.07) is 5.77. The summed E-state index contributed by atoms with van der Waals surface area (Å²) >= 11 is 0. The summed E-state index contributed by atoms with van der Waals surface area (Å²) in [5.41, 5.74) is 13.7. The van der Waals surface area contributed by atoms with Gasteiger partial charge in [0.15, 0.2) is 6.29 Å². The van der Waals surface area contributed by atoms with Crippen LogP contribution in [0.2, 0.25) is 0 Å². The van der Waals surface area contributed by atoms with Gasteiger partial charge in [0.2, 0.25) is 0 Å². The summed E-state index contributed by atoms with van der Waals surface area (Å²) in [6.45, 7) is 4.76. The van der Waals surface area contributed by atoms with E-state index in [4.69, 9.17) is 15.3 Å². The maximum absolute atomic E-state index is 13.0. The lowest BCUT2D eigenvalue weighted by Gasteiger charge is -2.31. The summed E-state index contributed by atoms with van der Waals surface area (Å²) in [7, 11) is 3.23. The van der Waals surface area contributed by atoms with Crippen molar-refractivity contribution in [1.82, 2.24) is 15.5 Å². The lowest BCUT2D eigenvalue weighted by atomic mass is 10.0. The molecule has 0 spiro atoms. The number of hydrazine groups is 1. The van der Waals surface area contributed by atoms with Crippen molar-refractivity contribution in [3.63, 3.8) is 0 Å². The third-order valence-corrected chi connectivity index (χ3v) is 5.09. The maximum atomic E-state index is 13.0. The zero-order valence-corrected chi connectivity index (χ0v) is 19.0. The van der Waals surface area contributed by atoms with Crippen LogP contribution >= 0.6 is 0 Å². The van der Waals surface area contributed by atoms with E-state index >= 15 is 0 Å². The van der Waals surface area contributed by atoms with Crippen LogP contribution in [0.25, 0.3) is 11.8 Å². The number of carbonyl (C=O) groups is 1. The zero-order chi connectivity index (χ0) is 23.3. The molecule has 1 amide bonds. The first-order valence-electron chi connectivity index (χ1n) is 10.6. The summed E-state index contributed by atoms with van der Waals surface area (Å²) in [5, 5.41) is 13.0. The minimum absolute atomic E-state index is 0.198. The van der Waals surface area contributed by atoms with Crippen LogP contribution in [0.1, 0.15) is 37.8 Å². The molecule has 4 N–H and O–H groups in total. The number of allylic oxidation sites excluding steroid dienone is 2. The second kappa shape index (κ2) is 10.4. The van der Waals surface area contributed by atoms with Crippen molar-refractivity contribution in [3.8, 4) is 0 Å². The molecule has 0 aliphatic carbocycles. The van der Waals surface area contributed by atoms with Crippen molar-refractivity contribution in [1.29, 1.82) is 0 Å². The van der Waals surface area contributed by atoms with Crippen molar-refractivity contribution in [2.75, 3.05) is 27.3 Å². The van der Waals surface area contributed by atoms with E-state index in [0.717, 1.165) is 23.2 Å². The van der Waals surface area contributed by atoms with Crippen LogP contribution in [0.3, 0.4) is 0 Å². The van der Waals surface area contributed by atoms with E-state index in [9.17, 15) is 9.90 Å². The second-order valence-electron chi connectivity index (χ2n) is 7.48. The average molecular weight is 442 g/mol. The van der Waals surface area contributed by atoms with Gasteiger partial charge in [0.1, 0.15) is 5.84 Å². The number of rotatable bonds is 8. The van der Waals surface area contributed by atoms with Crippen molar-refractivity contribution in [2.24, 2.45) is 10.7 Å². The standard InChI is InChI=1S/C23H31N5O4/c1-5-11-28(32-6-2)22(29)17-12-15-7-8-16(13-19(15)25-21(24)14-17)18-9-10-20(23(30)31-4)27(3)26-18/h7-10,12-13,23,26,30H,5-6,11,14H2,1-4H3,(H2,24,25). The van der Waals surface area contributed by atoms with Gasteiger partial charge >= 0.3 is 0 Å². The molecule has 0 aromatic heterocycles. The van der Waals surface area contributed by atoms with Crippen LogP contribution in [0.5, 0.6) is 0 Å². The highest BCUT2D eigenvalue weighted by Crippen LogP contribution is 2.31. The first-order chi connectivity index (χ1) is 15.4. The number of carbonyl (C=O) groups excluding carboxylic acids is 1. The Morgan fingerprint density at radius 2 is 2.16 bits per heavy atom. The molecule has 2 aliphatic heterocycles. The van der Waals surface area contributed by atoms with Gasteiger partial charge in [-0.1, -0.05) is 19.1 Å². The fraction of sp³-hybridized carbons (Fsp3) is 0.391. The van der Waals surface area contributed by atoms with E-state index in [1.807, 2.05) is 44.2 Å². The van der Waals surface area contributed by atoms with Crippen molar-refractivity contribution < 1.29 is 19.5 Å². The first kappa shape index (κ1) is 23.5. The monoisotopic (exact) mass is 441 g/mol. The number of nitrogens with two attached hydrogens (primary N) is 1. The third-order valence-electron chi connectivity index (χ3n) is 5.09. The number of aliphatic imine (C=N–C) groups is 1. The number of amides is 1. The molecule has 2 aliphatic rings. The Morgan fingerprint density at radius 1 is 1.38 bits per heavy atom. The molecule has 172 valence electrons. The number of hydrogen-bond acceptors (Lipinski definition) is 8. The average Bonchev–Trinajstić information content (AvgIpc) is 2.95. The van der Waals surface area contributed by atoms with Gasteiger partial charge in [0, 0.05) is 43.8 Å². The number of methoxy groups -OCH3 is 1. The number of hydroxylamine groups is 2. The molecule has 0 saturated heterocycles. The summed E-state index contributed by atoms with van der Waals surface area (Å²) < 4.78 is 4.98. The molecule has 2 heterocycles. The van der Waals surface area contributed by atoms with E-state index in [1.54, 1.807) is 18.1 Å². The molecule has 1 unspecified atom stereocenters. The van der Waals surface area contributed by atoms with Crippen LogP contribution in [0.15, 0.2) is 46.6 Å².